The first-order valence-corrected chi connectivity index (χ1v) is 10.2. The quantitative estimate of drug-likeness (QED) is 0.505. The molecule has 1 N–H and O–H groups in total. The number of methoxy groups -OCH3 is 1. The van der Waals surface area contributed by atoms with Crippen LogP contribution in [-0.4, -0.2) is 37.1 Å². The van der Waals surface area contributed by atoms with Crippen molar-refractivity contribution in [2.75, 3.05) is 13.7 Å². The van der Waals surface area contributed by atoms with Crippen molar-refractivity contribution in [3.8, 4) is 11.5 Å². The van der Waals surface area contributed by atoms with Gasteiger partial charge in [-0.1, -0.05) is 37.3 Å². The van der Waals surface area contributed by atoms with E-state index in [-0.39, 0.29) is 18.6 Å². The number of ether oxygens (including phenoxy) is 3. The van der Waals surface area contributed by atoms with E-state index in [1.165, 1.54) is 0 Å². The predicted octanol–water partition coefficient (Wildman–Crippen LogP) is 5.11. The maximum atomic E-state index is 9.97. The van der Waals surface area contributed by atoms with Gasteiger partial charge < -0.3 is 19.3 Å². The van der Waals surface area contributed by atoms with Gasteiger partial charge in [-0.25, -0.2) is 0 Å². The van der Waals surface area contributed by atoms with Crippen LogP contribution in [0.25, 0.3) is 0 Å². The SMILES string of the molecule is C=CCCC(C)C(Oc1cccc(C)c1)C(Oc1cccc(C)c1)C(CO)OC. The number of hydrogen-bond donors (Lipinski definition) is 1. The Kier molecular flexibility index (Phi) is 9.23. The zero-order valence-electron chi connectivity index (χ0n) is 18.0. The van der Waals surface area contributed by atoms with E-state index in [0.29, 0.717) is 0 Å². The molecule has 29 heavy (non-hydrogen) atoms. The van der Waals surface area contributed by atoms with E-state index in [1.807, 2.05) is 68.5 Å². The highest BCUT2D eigenvalue weighted by Crippen LogP contribution is 2.28. The van der Waals surface area contributed by atoms with Gasteiger partial charge in [0.1, 0.15) is 23.7 Å². The first-order valence-electron chi connectivity index (χ1n) is 10.2. The molecule has 0 heterocycles. The topological polar surface area (TPSA) is 47.9 Å². The summed E-state index contributed by atoms with van der Waals surface area (Å²) in [6, 6.07) is 15.9. The third-order valence-electron chi connectivity index (χ3n) is 5.08. The summed E-state index contributed by atoms with van der Waals surface area (Å²) in [4.78, 5) is 0. The fourth-order valence-electron chi connectivity index (χ4n) is 3.41. The Morgan fingerprint density at radius 3 is 1.97 bits per heavy atom. The van der Waals surface area contributed by atoms with Gasteiger partial charge in [-0.2, -0.15) is 0 Å². The fourth-order valence-corrected chi connectivity index (χ4v) is 3.41. The summed E-state index contributed by atoms with van der Waals surface area (Å²) >= 11 is 0. The fraction of sp³-hybridized carbons (Fsp3) is 0.440. The highest BCUT2D eigenvalue weighted by molar-refractivity contribution is 5.29. The number of rotatable bonds is 12. The van der Waals surface area contributed by atoms with Gasteiger partial charge in [0, 0.05) is 7.11 Å². The van der Waals surface area contributed by atoms with Crippen molar-refractivity contribution < 1.29 is 19.3 Å². The van der Waals surface area contributed by atoms with E-state index >= 15 is 0 Å². The van der Waals surface area contributed by atoms with Crippen molar-refractivity contribution in [3.63, 3.8) is 0 Å². The molecule has 0 aromatic heterocycles. The average Bonchev–Trinajstić information content (AvgIpc) is 2.70. The van der Waals surface area contributed by atoms with Crippen LogP contribution in [0, 0.1) is 19.8 Å². The van der Waals surface area contributed by atoms with E-state index < -0.39 is 12.2 Å². The lowest BCUT2D eigenvalue weighted by Crippen LogP contribution is -2.50. The summed E-state index contributed by atoms with van der Waals surface area (Å²) in [7, 11) is 1.59. The molecule has 0 saturated carbocycles. The van der Waals surface area contributed by atoms with E-state index in [1.54, 1.807) is 7.11 Å². The van der Waals surface area contributed by atoms with Gasteiger partial charge in [-0.3, -0.25) is 0 Å². The third-order valence-corrected chi connectivity index (χ3v) is 5.08. The molecule has 0 bridgehead atoms. The van der Waals surface area contributed by atoms with Gasteiger partial charge >= 0.3 is 0 Å². The summed E-state index contributed by atoms with van der Waals surface area (Å²) in [5.74, 6) is 1.68. The Balaban J connectivity index is 2.38. The minimum absolute atomic E-state index is 0.158. The number of benzene rings is 2. The predicted molar refractivity (Wildman–Crippen MR) is 118 cm³/mol. The van der Waals surface area contributed by atoms with Crippen molar-refractivity contribution in [3.05, 3.63) is 72.3 Å². The molecule has 0 aliphatic heterocycles. The second kappa shape index (κ2) is 11.6. The molecule has 0 spiro atoms. The van der Waals surface area contributed by atoms with E-state index in [0.717, 1.165) is 35.5 Å². The maximum Gasteiger partial charge on any atom is 0.164 e. The molecule has 4 unspecified atom stereocenters. The Hall–Kier alpha value is -2.30. The van der Waals surface area contributed by atoms with Crippen molar-refractivity contribution in [1.29, 1.82) is 0 Å². The maximum absolute atomic E-state index is 9.97. The van der Waals surface area contributed by atoms with Gasteiger partial charge in [0.15, 0.2) is 6.10 Å². The van der Waals surface area contributed by atoms with Crippen LogP contribution < -0.4 is 9.47 Å². The van der Waals surface area contributed by atoms with E-state index in [2.05, 4.69) is 13.5 Å². The van der Waals surface area contributed by atoms with Crippen LogP contribution in [0.5, 0.6) is 11.5 Å². The van der Waals surface area contributed by atoms with Crippen LogP contribution in [0.2, 0.25) is 0 Å². The summed E-state index contributed by atoms with van der Waals surface area (Å²) < 4.78 is 18.4. The van der Waals surface area contributed by atoms with Crippen LogP contribution in [0.3, 0.4) is 0 Å². The van der Waals surface area contributed by atoms with Crippen LogP contribution in [0.1, 0.15) is 30.9 Å². The highest BCUT2D eigenvalue weighted by Gasteiger charge is 2.37. The van der Waals surface area contributed by atoms with E-state index in [4.69, 9.17) is 14.2 Å². The van der Waals surface area contributed by atoms with Gasteiger partial charge in [0.05, 0.1) is 6.61 Å². The molecule has 2 aromatic carbocycles. The largest absolute Gasteiger partial charge is 0.486 e. The zero-order valence-corrected chi connectivity index (χ0v) is 18.0. The molecule has 0 amide bonds. The minimum Gasteiger partial charge on any atom is -0.486 e. The monoisotopic (exact) mass is 398 g/mol. The van der Waals surface area contributed by atoms with E-state index in [9.17, 15) is 5.11 Å². The second-order valence-corrected chi connectivity index (χ2v) is 7.60. The number of aryl methyl sites for hydroxylation is 2. The van der Waals surface area contributed by atoms with Crippen molar-refractivity contribution in [1.82, 2.24) is 0 Å². The first-order chi connectivity index (χ1) is 14.0. The molecule has 0 aliphatic rings. The lowest BCUT2D eigenvalue weighted by Gasteiger charge is -2.36. The van der Waals surface area contributed by atoms with Crippen molar-refractivity contribution >= 4 is 0 Å². The molecule has 0 fully saturated rings. The van der Waals surface area contributed by atoms with Gasteiger partial charge in [0.2, 0.25) is 0 Å². The van der Waals surface area contributed by atoms with Crippen LogP contribution in [-0.2, 0) is 4.74 Å². The Morgan fingerprint density at radius 1 is 0.966 bits per heavy atom. The van der Waals surface area contributed by atoms with Crippen molar-refractivity contribution in [2.45, 2.75) is 51.9 Å². The Bertz CT molecular complexity index is 754. The summed E-state index contributed by atoms with van der Waals surface area (Å²) in [6.07, 6.45) is 2.38. The molecule has 4 nitrogen and oxygen atoms in total. The van der Waals surface area contributed by atoms with Gasteiger partial charge in [-0.05, 0) is 68.0 Å². The molecule has 0 saturated heterocycles. The molecule has 4 heteroatoms. The highest BCUT2D eigenvalue weighted by atomic mass is 16.6. The molecule has 158 valence electrons. The van der Waals surface area contributed by atoms with Crippen LogP contribution in [0.4, 0.5) is 0 Å². The number of allylic oxidation sites excluding steroid dienone is 1. The van der Waals surface area contributed by atoms with Crippen LogP contribution >= 0.6 is 0 Å². The summed E-state index contributed by atoms with van der Waals surface area (Å²) in [5.41, 5.74) is 2.23. The number of hydrogen-bond acceptors (Lipinski definition) is 4. The molecule has 0 aliphatic carbocycles. The molecular weight excluding hydrogens is 364 g/mol. The number of aliphatic hydroxyl groups excluding tert-OH is 1. The second-order valence-electron chi connectivity index (χ2n) is 7.60. The number of aliphatic hydroxyl groups is 1. The summed E-state index contributed by atoms with van der Waals surface area (Å²) in [6.45, 7) is 9.88. The standard InChI is InChI=1S/C25H34O4/c1-6-7-12-20(4)24(28-21-13-8-10-18(2)15-21)25(23(17-26)27-5)29-22-14-9-11-19(3)16-22/h6,8-11,13-16,20,23-26H,1,7,12,17H2,2-5H3. The third kappa shape index (κ3) is 6.91. The molecule has 2 rings (SSSR count). The normalized spacial score (nSPS) is 15.2. The zero-order chi connectivity index (χ0) is 21.2. The molecular formula is C25H34O4. The van der Waals surface area contributed by atoms with Crippen LogP contribution in [0.15, 0.2) is 61.2 Å². The van der Waals surface area contributed by atoms with Crippen molar-refractivity contribution in [2.24, 2.45) is 5.92 Å². The smallest absolute Gasteiger partial charge is 0.164 e. The summed E-state index contributed by atoms with van der Waals surface area (Å²) in [5, 5.41) is 9.97. The first kappa shape index (κ1) is 23.0. The van der Waals surface area contributed by atoms with Gasteiger partial charge in [-0.15, -0.1) is 6.58 Å². The molecule has 4 atom stereocenters. The molecule has 0 radical (unpaired) electrons. The minimum atomic E-state index is -0.517. The molecule has 2 aromatic rings. The Labute approximate surface area is 175 Å². The average molecular weight is 399 g/mol. The van der Waals surface area contributed by atoms with Gasteiger partial charge in [0.25, 0.3) is 0 Å². The lowest BCUT2D eigenvalue weighted by molar-refractivity contribution is -0.0865. The Morgan fingerprint density at radius 2 is 1.52 bits per heavy atom. The lowest BCUT2D eigenvalue weighted by atomic mass is 9.91.